The molecule has 0 aromatic carbocycles. The average Bonchev–Trinajstić information content (AvgIpc) is 2.68. The van der Waals surface area contributed by atoms with Gasteiger partial charge in [0.15, 0.2) is 0 Å². The summed E-state index contributed by atoms with van der Waals surface area (Å²) >= 11 is 0. The van der Waals surface area contributed by atoms with Crippen LogP contribution in [0.25, 0.3) is 0 Å². The van der Waals surface area contributed by atoms with Gasteiger partial charge in [0.05, 0.1) is 11.3 Å². The number of H-pyrrole nitrogens is 1. The van der Waals surface area contributed by atoms with E-state index in [4.69, 9.17) is 0 Å². The molecule has 5 heteroatoms. The molecule has 0 aliphatic carbocycles. The van der Waals surface area contributed by atoms with E-state index >= 15 is 0 Å². The number of rotatable bonds is 3. The number of nitrogens with zero attached hydrogens (tertiary/aromatic N) is 2. The van der Waals surface area contributed by atoms with Crippen molar-refractivity contribution in [1.29, 1.82) is 0 Å². The van der Waals surface area contributed by atoms with Gasteiger partial charge in [-0.25, -0.2) is 0 Å². The van der Waals surface area contributed by atoms with E-state index in [0.717, 1.165) is 22.5 Å². The largest absolute Gasteiger partial charge is 0.348 e. The third-order valence-corrected chi connectivity index (χ3v) is 2.93. The van der Waals surface area contributed by atoms with E-state index in [1.165, 1.54) is 0 Å². The van der Waals surface area contributed by atoms with Crippen LogP contribution in [-0.4, -0.2) is 21.1 Å². The van der Waals surface area contributed by atoms with Crippen molar-refractivity contribution < 1.29 is 4.79 Å². The first-order valence-corrected chi connectivity index (χ1v) is 5.79. The molecule has 0 saturated heterocycles. The molecule has 1 amide bonds. The molecule has 0 unspecified atom stereocenters. The van der Waals surface area contributed by atoms with Gasteiger partial charge in [0, 0.05) is 24.6 Å². The number of hydrogen-bond donors (Lipinski definition) is 2. The Bertz CT molecular complexity index is 555. The van der Waals surface area contributed by atoms with Crippen LogP contribution in [0.5, 0.6) is 0 Å². The van der Waals surface area contributed by atoms with Gasteiger partial charge in [-0.1, -0.05) is 0 Å². The van der Waals surface area contributed by atoms with Crippen molar-refractivity contribution >= 4 is 5.91 Å². The molecule has 0 aliphatic heterocycles. The SMILES string of the molecule is Cc1cnccc1CNC(=O)c1c(C)n[nH]c1C. The Kier molecular flexibility index (Phi) is 3.41. The Morgan fingerprint density at radius 3 is 2.78 bits per heavy atom. The summed E-state index contributed by atoms with van der Waals surface area (Å²) in [5, 5.41) is 9.72. The summed E-state index contributed by atoms with van der Waals surface area (Å²) in [6.07, 6.45) is 3.51. The Balaban J connectivity index is 2.08. The van der Waals surface area contributed by atoms with Crippen molar-refractivity contribution in [2.45, 2.75) is 27.3 Å². The summed E-state index contributed by atoms with van der Waals surface area (Å²) < 4.78 is 0. The van der Waals surface area contributed by atoms with Crippen LogP contribution in [0.2, 0.25) is 0 Å². The van der Waals surface area contributed by atoms with Crippen molar-refractivity contribution in [2.75, 3.05) is 0 Å². The smallest absolute Gasteiger partial charge is 0.255 e. The number of aromatic nitrogens is 3. The number of hydrogen-bond acceptors (Lipinski definition) is 3. The third kappa shape index (κ3) is 2.40. The minimum atomic E-state index is -0.102. The lowest BCUT2D eigenvalue weighted by molar-refractivity contribution is 0.0949. The lowest BCUT2D eigenvalue weighted by Gasteiger charge is -2.07. The zero-order chi connectivity index (χ0) is 13.1. The molecule has 2 heterocycles. The minimum absolute atomic E-state index is 0.102. The van der Waals surface area contributed by atoms with Crippen LogP contribution in [0.3, 0.4) is 0 Å². The van der Waals surface area contributed by atoms with Gasteiger partial charge in [-0.2, -0.15) is 5.10 Å². The molecule has 2 aromatic heterocycles. The lowest BCUT2D eigenvalue weighted by Crippen LogP contribution is -2.24. The zero-order valence-corrected chi connectivity index (χ0v) is 10.7. The summed E-state index contributed by atoms with van der Waals surface area (Å²) in [6, 6.07) is 1.91. The maximum Gasteiger partial charge on any atom is 0.255 e. The van der Waals surface area contributed by atoms with Crippen LogP contribution in [0.4, 0.5) is 0 Å². The fourth-order valence-electron chi connectivity index (χ4n) is 1.85. The molecule has 0 saturated carbocycles. The Morgan fingerprint density at radius 2 is 2.17 bits per heavy atom. The predicted molar refractivity (Wildman–Crippen MR) is 68.2 cm³/mol. The number of aryl methyl sites for hydroxylation is 3. The van der Waals surface area contributed by atoms with Crippen LogP contribution in [-0.2, 0) is 6.54 Å². The molecule has 0 bridgehead atoms. The highest BCUT2D eigenvalue weighted by Crippen LogP contribution is 2.10. The molecule has 5 nitrogen and oxygen atoms in total. The molecular weight excluding hydrogens is 228 g/mol. The fourth-order valence-corrected chi connectivity index (χ4v) is 1.85. The third-order valence-electron chi connectivity index (χ3n) is 2.93. The normalized spacial score (nSPS) is 10.4. The molecule has 0 fully saturated rings. The summed E-state index contributed by atoms with van der Waals surface area (Å²) in [5.74, 6) is -0.102. The van der Waals surface area contributed by atoms with Gasteiger partial charge in [-0.15, -0.1) is 0 Å². The average molecular weight is 244 g/mol. The second-order valence-electron chi connectivity index (χ2n) is 4.29. The summed E-state index contributed by atoms with van der Waals surface area (Å²) in [6.45, 7) is 6.13. The van der Waals surface area contributed by atoms with E-state index < -0.39 is 0 Å². The van der Waals surface area contributed by atoms with Gasteiger partial charge in [0.25, 0.3) is 5.91 Å². The topological polar surface area (TPSA) is 70.7 Å². The zero-order valence-electron chi connectivity index (χ0n) is 10.7. The van der Waals surface area contributed by atoms with Gasteiger partial charge in [0.1, 0.15) is 0 Å². The molecule has 94 valence electrons. The maximum atomic E-state index is 12.0. The van der Waals surface area contributed by atoms with E-state index in [1.54, 1.807) is 12.4 Å². The summed E-state index contributed by atoms with van der Waals surface area (Å²) in [5.41, 5.74) is 4.27. The van der Waals surface area contributed by atoms with E-state index in [-0.39, 0.29) is 5.91 Å². The number of carbonyl (C=O) groups is 1. The van der Waals surface area contributed by atoms with Crippen molar-refractivity contribution in [2.24, 2.45) is 0 Å². The van der Waals surface area contributed by atoms with Crippen molar-refractivity contribution in [1.82, 2.24) is 20.5 Å². The van der Waals surface area contributed by atoms with Crippen LogP contribution in [0.15, 0.2) is 18.5 Å². The quantitative estimate of drug-likeness (QED) is 0.862. The van der Waals surface area contributed by atoms with Crippen molar-refractivity contribution in [3.05, 3.63) is 46.5 Å². The summed E-state index contributed by atoms with van der Waals surface area (Å²) in [4.78, 5) is 16.1. The minimum Gasteiger partial charge on any atom is -0.348 e. The first-order valence-electron chi connectivity index (χ1n) is 5.79. The number of pyridine rings is 1. The van der Waals surface area contributed by atoms with E-state index in [2.05, 4.69) is 20.5 Å². The monoisotopic (exact) mass is 244 g/mol. The van der Waals surface area contributed by atoms with E-state index in [1.807, 2.05) is 26.8 Å². The first kappa shape index (κ1) is 12.3. The van der Waals surface area contributed by atoms with Gasteiger partial charge < -0.3 is 5.32 Å². The van der Waals surface area contributed by atoms with Gasteiger partial charge in [0.2, 0.25) is 0 Å². The number of amides is 1. The van der Waals surface area contributed by atoms with Crippen LogP contribution in [0, 0.1) is 20.8 Å². The molecular formula is C13H16N4O. The number of carbonyl (C=O) groups excluding carboxylic acids is 1. The Hall–Kier alpha value is -2.17. The predicted octanol–water partition coefficient (Wildman–Crippen LogP) is 1.66. The summed E-state index contributed by atoms with van der Waals surface area (Å²) in [7, 11) is 0. The van der Waals surface area contributed by atoms with Crippen LogP contribution in [0.1, 0.15) is 32.9 Å². The highest BCUT2D eigenvalue weighted by molar-refractivity contribution is 5.96. The van der Waals surface area contributed by atoms with Gasteiger partial charge in [-0.3, -0.25) is 14.9 Å². The van der Waals surface area contributed by atoms with Crippen molar-refractivity contribution in [3.8, 4) is 0 Å². The highest BCUT2D eigenvalue weighted by atomic mass is 16.1. The maximum absolute atomic E-state index is 12.0. The van der Waals surface area contributed by atoms with Crippen molar-refractivity contribution in [3.63, 3.8) is 0 Å². The molecule has 0 aliphatic rings. The fraction of sp³-hybridized carbons (Fsp3) is 0.308. The van der Waals surface area contributed by atoms with Gasteiger partial charge >= 0.3 is 0 Å². The molecule has 18 heavy (non-hydrogen) atoms. The van der Waals surface area contributed by atoms with E-state index in [9.17, 15) is 4.79 Å². The molecule has 0 spiro atoms. The standard InChI is InChI=1S/C13H16N4O/c1-8-6-14-5-4-11(8)7-15-13(18)12-9(2)16-17-10(12)3/h4-6H,7H2,1-3H3,(H,15,18)(H,16,17). The van der Waals surface area contributed by atoms with E-state index in [0.29, 0.717) is 12.1 Å². The number of aromatic amines is 1. The molecule has 2 rings (SSSR count). The van der Waals surface area contributed by atoms with Crippen LogP contribution >= 0.6 is 0 Å². The highest BCUT2D eigenvalue weighted by Gasteiger charge is 2.14. The number of nitrogens with one attached hydrogen (secondary N) is 2. The Labute approximate surface area is 106 Å². The molecule has 2 aromatic rings. The first-order chi connectivity index (χ1) is 8.59. The second kappa shape index (κ2) is 5.00. The molecule has 0 atom stereocenters. The molecule has 0 radical (unpaired) electrons. The molecule has 2 N–H and O–H groups in total. The van der Waals surface area contributed by atoms with Gasteiger partial charge in [-0.05, 0) is 38.0 Å². The Morgan fingerprint density at radius 1 is 1.39 bits per heavy atom. The lowest BCUT2D eigenvalue weighted by atomic mass is 10.1. The second-order valence-corrected chi connectivity index (χ2v) is 4.29. The van der Waals surface area contributed by atoms with Crippen LogP contribution < -0.4 is 5.32 Å².